The zero-order valence-corrected chi connectivity index (χ0v) is 16.5. The summed E-state index contributed by atoms with van der Waals surface area (Å²) in [5.41, 5.74) is 7.87. The van der Waals surface area contributed by atoms with Gasteiger partial charge < -0.3 is 16.4 Å². The van der Waals surface area contributed by atoms with E-state index in [4.69, 9.17) is 5.73 Å². The lowest BCUT2D eigenvalue weighted by atomic mass is 9.81. The van der Waals surface area contributed by atoms with E-state index < -0.39 is 5.91 Å². The highest BCUT2D eigenvalue weighted by Gasteiger charge is 2.45. The summed E-state index contributed by atoms with van der Waals surface area (Å²) in [5, 5.41) is 5.82. The van der Waals surface area contributed by atoms with Crippen molar-refractivity contribution in [2.75, 3.05) is 5.32 Å². The monoisotopic (exact) mass is 372 g/mol. The first kappa shape index (κ1) is 18.6. The molecule has 0 saturated carbocycles. The molecule has 5 nitrogen and oxygen atoms in total. The number of rotatable bonds is 4. The van der Waals surface area contributed by atoms with Crippen molar-refractivity contribution in [3.05, 3.63) is 51.9 Å². The topological polar surface area (TPSA) is 88.8 Å². The molecule has 0 radical (unpaired) electrons. The zero-order chi connectivity index (χ0) is 19.1. The van der Waals surface area contributed by atoms with E-state index in [0.29, 0.717) is 10.6 Å². The molecule has 0 bridgehead atoms. The molecule has 3 rings (SSSR count). The molecule has 1 aromatic heterocycles. The van der Waals surface area contributed by atoms with Crippen molar-refractivity contribution in [3.63, 3.8) is 0 Å². The van der Waals surface area contributed by atoms with Crippen LogP contribution in [0.3, 0.4) is 0 Å². The fourth-order valence-corrected chi connectivity index (χ4v) is 5.32. The normalized spacial score (nSPS) is 17.4. The van der Waals surface area contributed by atoms with Crippen LogP contribution in [0, 0.1) is 0 Å². The lowest BCUT2D eigenvalue weighted by molar-refractivity contribution is -0.789. The lowest BCUT2D eigenvalue weighted by Gasteiger charge is -2.38. The first-order valence-corrected chi connectivity index (χ1v) is 9.57. The molecule has 6 heteroatoms. The summed E-state index contributed by atoms with van der Waals surface area (Å²) in [4.78, 5) is 25.8. The van der Waals surface area contributed by atoms with Crippen LogP contribution in [0.15, 0.2) is 30.3 Å². The predicted molar refractivity (Wildman–Crippen MR) is 104 cm³/mol. The maximum atomic E-state index is 12.5. The molecule has 0 fully saturated rings. The minimum atomic E-state index is -0.481. The first-order valence-electron chi connectivity index (χ1n) is 8.76. The Kier molecular flexibility index (Phi) is 4.67. The third-order valence-corrected chi connectivity index (χ3v) is 6.17. The van der Waals surface area contributed by atoms with Gasteiger partial charge in [0.1, 0.15) is 10.5 Å². The van der Waals surface area contributed by atoms with E-state index in [1.165, 1.54) is 11.3 Å². The Bertz CT molecular complexity index is 853. The highest BCUT2D eigenvalue weighted by molar-refractivity contribution is 7.17. The van der Waals surface area contributed by atoms with E-state index >= 15 is 0 Å². The molecule has 5 N–H and O–H groups in total. The Morgan fingerprint density at radius 2 is 1.85 bits per heavy atom. The number of benzene rings is 1. The van der Waals surface area contributed by atoms with Gasteiger partial charge in [-0.3, -0.25) is 9.59 Å². The number of carbonyl (C=O) groups excluding carboxylic acids is 2. The number of nitrogens with two attached hydrogens (primary N) is 2. The number of primary amides is 1. The SMILES string of the molecule is CC1(C)Cc2c(sc(NC(=O)Cc3ccccc3)c2C(N)=O)C(C)(C)[NH2+]1. The van der Waals surface area contributed by atoms with Gasteiger partial charge in [0.15, 0.2) is 0 Å². The predicted octanol–water partition coefficient (Wildman–Crippen LogP) is 2.16. The molecule has 0 aliphatic carbocycles. The van der Waals surface area contributed by atoms with Crippen molar-refractivity contribution < 1.29 is 14.9 Å². The number of carbonyl (C=O) groups is 2. The molecule has 1 aliphatic heterocycles. The highest BCUT2D eigenvalue weighted by Crippen LogP contribution is 2.41. The summed E-state index contributed by atoms with van der Waals surface area (Å²) in [7, 11) is 0. The Balaban J connectivity index is 1.95. The summed E-state index contributed by atoms with van der Waals surface area (Å²) in [6, 6.07) is 9.55. The van der Waals surface area contributed by atoms with E-state index in [9.17, 15) is 9.59 Å². The largest absolute Gasteiger partial charge is 0.365 e. The Labute approximate surface area is 158 Å². The van der Waals surface area contributed by atoms with E-state index in [-0.39, 0.29) is 23.4 Å². The second kappa shape index (κ2) is 6.52. The van der Waals surface area contributed by atoms with Crippen LogP contribution < -0.4 is 16.4 Å². The third kappa shape index (κ3) is 3.66. The molecule has 0 unspecified atom stereocenters. The number of fused-ring (bicyclic) bond motifs is 1. The van der Waals surface area contributed by atoms with Crippen LogP contribution in [0.25, 0.3) is 0 Å². The van der Waals surface area contributed by atoms with Crippen LogP contribution in [-0.4, -0.2) is 17.4 Å². The number of amides is 2. The van der Waals surface area contributed by atoms with Crippen LogP contribution in [0.1, 0.15) is 54.1 Å². The van der Waals surface area contributed by atoms with Gasteiger partial charge in [0.05, 0.1) is 22.4 Å². The van der Waals surface area contributed by atoms with Gasteiger partial charge >= 0.3 is 0 Å². The molecule has 26 heavy (non-hydrogen) atoms. The van der Waals surface area contributed by atoms with Crippen molar-refractivity contribution >= 4 is 28.2 Å². The number of quaternary nitrogens is 1. The van der Waals surface area contributed by atoms with Crippen LogP contribution in [0.5, 0.6) is 0 Å². The summed E-state index contributed by atoms with van der Waals surface area (Å²) < 4.78 is 0. The number of hydrogen-bond acceptors (Lipinski definition) is 3. The average molecular weight is 373 g/mol. The fraction of sp³-hybridized carbons (Fsp3) is 0.400. The molecule has 138 valence electrons. The Morgan fingerprint density at radius 3 is 2.46 bits per heavy atom. The van der Waals surface area contributed by atoms with E-state index in [0.717, 1.165) is 22.4 Å². The van der Waals surface area contributed by atoms with E-state index in [1.807, 2.05) is 30.3 Å². The van der Waals surface area contributed by atoms with Gasteiger partial charge in [0.25, 0.3) is 5.91 Å². The van der Waals surface area contributed by atoms with E-state index in [2.05, 4.69) is 38.3 Å². The van der Waals surface area contributed by atoms with Gasteiger partial charge in [0.2, 0.25) is 5.91 Å². The molecule has 0 saturated heterocycles. The highest BCUT2D eigenvalue weighted by atomic mass is 32.1. The molecule has 2 amide bonds. The smallest absolute Gasteiger partial charge is 0.252 e. The zero-order valence-electron chi connectivity index (χ0n) is 15.7. The minimum absolute atomic E-state index is 0.0346. The molecule has 2 aromatic rings. The minimum Gasteiger partial charge on any atom is -0.365 e. The van der Waals surface area contributed by atoms with Crippen molar-refractivity contribution in [1.29, 1.82) is 0 Å². The summed E-state index contributed by atoms with van der Waals surface area (Å²) in [6.07, 6.45) is 1.01. The summed E-state index contributed by atoms with van der Waals surface area (Å²) in [6.45, 7) is 8.61. The standard InChI is InChI=1S/C20H25N3O2S/c1-19(2)11-13-15(17(21)25)18(26-16(13)20(3,4)23-19)22-14(24)10-12-8-6-5-7-9-12/h5-9,23H,10-11H2,1-4H3,(H2,21,25)(H,22,24)/p+1. The van der Waals surface area contributed by atoms with Crippen LogP contribution in [-0.2, 0) is 23.2 Å². The number of hydrogen-bond donors (Lipinski definition) is 3. The Hall–Kier alpha value is -2.18. The summed E-state index contributed by atoms with van der Waals surface area (Å²) >= 11 is 1.47. The number of thiophene rings is 1. The van der Waals surface area contributed by atoms with E-state index in [1.54, 1.807) is 0 Å². The maximum absolute atomic E-state index is 12.5. The molecule has 1 aromatic carbocycles. The average Bonchev–Trinajstić information content (AvgIpc) is 2.84. The van der Waals surface area contributed by atoms with Gasteiger partial charge in [-0.25, -0.2) is 0 Å². The van der Waals surface area contributed by atoms with Crippen molar-refractivity contribution in [1.82, 2.24) is 0 Å². The first-order chi connectivity index (χ1) is 12.1. The van der Waals surface area contributed by atoms with Crippen LogP contribution in [0.4, 0.5) is 5.00 Å². The van der Waals surface area contributed by atoms with Gasteiger partial charge in [-0.1, -0.05) is 30.3 Å². The fourth-order valence-electron chi connectivity index (χ4n) is 4.00. The molecular formula is C20H26N3O2S+. The molecule has 1 aliphatic rings. The molecule has 0 atom stereocenters. The Morgan fingerprint density at radius 1 is 1.19 bits per heavy atom. The second-order valence-electron chi connectivity index (χ2n) is 8.22. The number of nitrogens with one attached hydrogen (secondary N) is 1. The molecule has 0 spiro atoms. The maximum Gasteiger partial charge on any atom is 0.252 e. The van der Waals surface area contributed by atoms with Crippen molar-refractivity contribution in [2.24, 2.45) is 5.73 Å². The third-order valence-electron chi connectivity index (χ3n) is 4.68. The van der Waals surface area contributed by atoms with Gasteiger partial charge in [-0.05, 0) is 38.8 Å². The second-order valence-corrected chi connectivity index (χ2v) is 9.24. The van der Waals surface area contributed by atoms with Crippen LogP contribution >= 0.6 is 11.3 Å². The molecule has 2 heterocycles. The van der Waals surface area contributed by atoms with Gasteiger partial charge in [-0.2, -0.15) is 0 Å². The quantitative estimate of drug-likeness (QED) is 0.768. The van der Waals surface area contributed by atoms with Gasteiger partial charge in [-0.15, -0.1) is 11.3 Å². The lowest BCUT2D eigenvalue weighted by Crippen LogP contribution is -3.03. The molecular weight excluding hydrogens is 346 g/mol. The van der Waals surface area contributed by atoms with Gasteiger partial charge in [0, 0.05) is 6.42 Å². The van der Waals surface area contributed by atoms with Crippen molar-refractivity contribution in [2.45, 2.75) is 51.6 Å². The van der Waals surface area contributed by atoms with Crippen molar-refractivity contribution in [3.8, 4) is 0 Å². The number of anilines is 1. The summed E-state index contributed by atoms with van der Waals surface area (Å²) in [5.74, 6) is -0.621. The van der Waals surface area contributed by atoms with Crippen LogP contribution in [0.2, 0.25) is 0 Å².